The number of carbonyl (C=O) groups is 1. The van der Waals surface area contributed by atoms with Crippen molar-refractivity contribution >= 4 is 23.2 Å². The number of amides is 1. The van der Waals surface area contributed by atoms with Gasteiger partial charge in [0.15, 0.2) is 0 Å². The van der Waals surface area contributed by atoms with E-state index in [0.29, 0.717) is 10.6 Å². The van der Waals surface area contributed by atoms with Gasteiger partial charge in [-0.05, 0) is 29.3 Å². The summed E-state index contributed by atoms with van der Waals surface area (Å²) in [7, 11) is 0. The summed E-state index contributed by atoms with van der Waals surface area (Å²) in [5.41, 5.74) is 0.151. The molecule has 1 amide bonds. The molecule has 24 heavy (non-hydrogen) atoms. The van der Waals surface area contributed by atoms with E-state index in [0.717, 1.165) is 12.1 Å². The summed E-state index contributed by atoms with van der Waals surface area (Å²) in [5.74, 6) is -1.43. The Kier molecular flexibility index (Phi) is 5.45. The minimum absolute atomic E-state index is 0.00546. The maximum atomic E-state index is 13.8. The van der Waals surface area contributed by atoms with Crippen LogP contribution in [-0.2, 0) is 11.2 Å². The molecule has 8 heteroatoms. The van der Waals surface area contributed by atoms with E-state index in [1.165, 1.54) is 6.07 Å². The Labute approximate surface area is 141 Å². The molecule has 0 fully saturated rings. The minimum Gasteiger partial charge on any atom is -0.336 e. The van der Waals surface area contributed by atoms with Gasteiger partial charge < -0.3 is 5.32 Å². The summed E-state index contributed by atoms with van der Waals surface area (Å²) in [6, 6.07) is 10.5. The van der Waals surface area contributed by atoms with Crippen LogP contribution in [0.5, 0.6) is 0 Å². The molecular formula is C16H11ClFN3O3. The summed E-state index contributed by atoms with van der Waals surface area (Å²) in [4.78, 5) is 21.8. The first kappa shape index (κ1) is 17.4. The average Bonchev–Trinajstić information content (AvgIpc) is 2.55. The van der Waals surface area contributed by atoms with Crippen LogP contribution in [0.1, 0.15) is 17.2 Å². The van der Waals surface area contributed by atoms with Gasteiger partial charge in [-0.1, -0.05) is 23.7 Å². The first-order valence-electron chi connectivity index (χ1n) is 6.78. The van der Waals surface area contributed by atoms with Crippen LogP contribution in [0, 0.1) is 27.3 Å². The summed E-state index contributed by atoms with van der Waals surface area (Å²) in [6.45, 7) is 0. The van der Waals surface area contributed by atoms with Gasteiger partial charge in [0.25, 0.3) is 5.69 Å². The smallest absolute Gasteiger partial charge is 0.272 e. The maximum absolute atomic E-state index is 13.8. The van der Waals surface area contributed by atoms with Crippen molar-refractivity contribution in [3.63, 3.8) is 0 Å². The van der Waals surface area contributed by atoms with E-state index >= 15 is 0 Å². The van der Waals surface area contributed by atoms with Crippen LogP contribution >= 0.6 is 11.6 Å². The predicted octanol–water partition coefficient (Wildman–Crippen LogP) is 3.31. The molecule has 0 aliphatic rings. The van der Waals surface area contributed by atoms with Gasteiger partial charge in [-0.15, -0.1) is 0 Å². The molecule has 0 radical (unpaired) electrons. The molecule has 2 rings (SSSR count). The number of hydrogen-bond donors (Lipinski definition) is 1. The van der Waals surface area contributed by atoms with Gasteiger partial charge in [-0.2, -0.15) is 5.26 Å². The third kappa shape index (κ3) is 4.27. The molecule has 1 unspecified atom stereocenters. The Balaban J connectivity index is 2.08. The lowest BCUT2D eigenvalue weighted by Crippen LogP contribution is -2.29. The van der Waals surface area contributed by atoms with E-state index in [4.69, 9.17) is 16.9 Å². The molecule has 2 aromatic rings. The largest absolute Gasteiger partial charge is 0.336 e. The second-order valence-electron chi connectivity index (χ2n) is 4.89. The van der Waals surface area contributed by atoms with Crippen molar-refractivity contribution in [3.05, 3.63) is 74.5 Å². The van der Waals surface area contributed by atoms with Crippen LogP contribution in [0.4, 0.5) is 10.1 Å². The number of carbonyl (C=O) groups excluding carboxylic acids is 1. The van der Waals surface area contributed by atoms with Crippen molar-refractivity contribution in [2.75, 3.05) is 0 Å². The molecule has 1 N–H and O–H groups in total. The Morgan fingerprint density at radius 2 is 2.00 bits per heavy atom. The number of non-ortho nitro benzene ring substituents is 1. The number of benzene rings is 2. The number of nitro groups is 1. The standard InChI is InChI=1S/C16H11ClFN3O3/c17-12-4-1-10(2-5-12)15(9-19)20-16(22)7-11-3-6-13(21(23)24)8-14(11)18/h1-6,8,15H,7H2,(H,20,22). The van der Waals surface area contributed by atoms with E-state index in [9.17, 15) is 19.3 Å². The molecule has 2 aromatic carbocycles. The summed E-state index contributed by atoms with van der Waals surface area (Å²) in [6.07, 6.45) is -0.338. The van der Waals surface area contributed by atoms with Crippen molar-refractivity contribution < 1.29 is 14.1 Å². The Morgan fingerprint density at radius 1 is 1.33 bits per heavy atom. The number of nitriles is 1. The fourth-order valence-electron chi connectivity index (χ4n) is 2.02. The highest BCUT2D eigenvalue weighted by molar-refractivity contribution is 6.30. The summed E-state index contributed by atoms with van der Waals surface area (Å²) in [5, 5.41) is 22.7. The molecule has 0 aliphatic heterocycles. The second kappa shape index (κ2) is 7.53. The van der Waals surface area contributed by atoms with E-state index < -0.39 is 28.4 Å². The van der Waals surface area contributed by atoms with Gasteiger partial charge in [0.05, 0.1) is 23.5 Å². The van der Waals surface area contributed by atoms with Crippen LogP contribution < -0.4 is 5.32 Å². The highest BCUT2D eigenvalue weighted by Crippen LogP contribution is 2.18. The lowest BCUT2D eigenvalue weighted by Gasteiger charge is -2.12. The van der Waals surface area contributed by atoms with Crippen LogP contribution in [-0.4, -0.2) is 10.8 Å². The van der Waals surface area contributed by atoms with Crippen molar-refractivity contribution in [2.45, 2.75) is 12.5 Å². The Hall–Kier alpha value is -2.98. The van der Waals surface area contributed by atoms with Crippen LogP contribution in [0.15, 0.2) is 42.5 Å². The molecule has 1 atom stereocenters. The molecule has 0 spiro atoms. The predicted molar refractivity (Wildman–Crippen MR) is 84.7 cm³/mol. The topological polar surface area (TPSA) is 96.0 Å². The van der Waals surface area contributed by atoms with Crippen molar-refractivity contribution in [1.82, 2.24) is 5.32 Å². The van der Waals surface area contributed by atoms with Gasteiger partial charge in [0, 0.05) is 11.1 Å². The van der Waals surface area contributed by atoms with Gasteiger partial charge in [-0.25, -0.2) is 4.39 Å². The van der Waals surface area contributed by atoms with Crippen LogP contribution in [0.3, 0.4) is 0 Å². The van der Waals surface area contributed by atoms with E-state index in [-0.39, 0.29) is 12.0 Å². The fourth-order valence-corrected chi connectivity index (χ4v) is 2.15. The molecular weight excluding hydrogens is 337 g/mol. The number of nitrogens with zero attached hydrogens (tertiary/aromatic N) is 2. The lowest BCUT2D eigenvalue weighted by atomic mass is 10.1. The lowest BCUT2D eigenvalue weighted by molar-refractivity contribution is -0.385. The van der Waals surface area contributed by atoms with Crippen LogP contribution in [0.25, 0.3) is 0 Å². The molecule has 0 aliphatic carbocycles. The quantitative estimate of drug-likeness (QED) is 0.662. The van der Waals surface area contributed by atoms with Gasteiger partial charge in [0.2, 0.25) is 5.91 Å². The first-order valence-corrected chi connectivity index (χ1v) is 7.15. The van der Waals surface area contributed by atoms with E-state index in [1.54, 1.807) is 24.3 Å². The Bertz CT molecular complexity index is 818. The monoisotopic (exact) mass is 347 g/mol. The minimum atomic E-state index is -0.907. The third-order valence-electron chi connectivity index (χ3n) is 3.24. The van der Waals surface area contributed by atoms with Crippen LogP contribution in [0.2, 0.25) is 5.02 Å². The van der Waals surface area contributed by atoms with Crippen molar-refractivity contribution in [1.29, 1.82) is 5.26 Å². The molecule has 122 valence electrons. The number of hydrogen-bond acceptors (Lipinski definition) is 4. The summed E-state index contributed by atoms with van der Waals surface area (Å²) >= 11 is 5.77. The fraction of sp³-hybridized carbons (Fsp3) is 0.125. The zero-order valence-corrected chi connectivity index (χ0v) is 13.0. The third-order valence-corrected chi connectivity index (χ3v) is 3.49. The normalized spacial score (nSPS) is 11.4. The zero-order valence-electron chi connectivity index (χ0n) is 12.2. The highest BCUT2D eigenvalue weighted by Gasteiger charge is 2.17. The molecule has 0 aromatic heterocycles. The van der Waals surface area contributed by atoms with E-state index in [1.807, 2.05) is 6.07 Å². The molecule has 0 bridgehead atoms. The molecule has 0 saturated carbocycles. The zero-order chi connectivity index (χ0) is 17.7. The van der Waals surface area contributed by atoms with E-state index in [2.05, 4.69) is 5.32 Å². The first-order chi connectivity index (χ1) is 11.4. The number of nitro benzene ring substituents is 1. The van der Waals surface area contributed by atoms with Gasteiger partial charge in [-0.3, -0.25) is 14.9 Å². The number of rotatable bonds is 5. The Morgan fingerprint density at radius 3 is 2.54 bits per heavy atom. The highest BCUT2D eigenvalue weighted by atomic mass is 35.5. The van der Waals surface area contributed by atoms with Crippen molar-refractivity contribution in [2.24, 2.45) is 0 Å². The van der Waals surface area contributed by atoms with Gasteiger partial charge in [0.1, 0.15) is 11.9 Å². The molecule has 0 saturated heterocycles. The molecule has 0 heterocycles. The number of halogens is 2. The second-order valence-corrected chi connectivity index (χ2v) is 5.33. The summed E-state index contributed by atoms with van der Waals surface area (Å²) < 4.78 is 13.8. The van der Waals surface area contributed by atoms with Crippen molar-refractivity contribution in [3.8, 4) is 6.07 Å². The SMILES string of the molecule is N#CC(NC(=O)Cc1ccc([N+](=O)[O-])cc1F)c1ccc(Cl)cc1. The molecule has 6 nitrogen and oxygen atoms in total. The number of nitrogens with one attached hydrogen (secondary N) is 1. The maximum Gasteiger partial charge on any atom is 0.272 e. The average molecular weight is 348 g/mol. The van der Waals surface area contributed by atoms with Gasteiger partial charge >= 0.3 is 0 Å².